The number of Topliss-reactive ketones (excluding diaryl/α,β-unsaturated/α-hetero) is 1. The summed E-state index contributed by atoms with van der Waals surface area (Å²) in [5.41, 5.74) is 2.34. The molecular weight excluding hydrogens is 124 g/mol. The molecule has 0 atom stereocenters. The average Bonchev–Trinajstić information content (AvgIpc) is 1.93. The highest BCUT2D eigenvalue weighted by Gasteiger charge is 2.05. The summed E-state index contributed by atoms with van der Waals surface area (Å²) in [5.74, 6) is 0.333. The fourth-order valence-corrected chi connectivity index (χ4v) is 1.09. The molecule has 54 valence electrons. The fraction of sp³-hybridized carbons (Fsp3) is 0.444. The summed E-state index contributed by atoms with van der Waals surface area (Å²) in [6.45, 7) is 3.99. The smallest absolute Gasteiger partial charge is 0.140 e. The molecule has 0 N–H and O–H groups in total. The molecule has 1 aliphatic rings. The number of allylic oxidation sites excluding steroid dienone is 4. The highest BCUT2D eigenvalue weighted by Crippen LogP contribution is 2.13. The van der Waals surface area contributed by atoms with Crippen molar-refractivity contribution in [3.05, 3.63) is 23.3 Å². The molecule has 0 fully saturated rings. The summed E-state index contributed by atoms with van der Waals surface area (Å²) < 4.78 is 0. The van der Waals surface area contributed by atoms with Crippen LogP contribution in [0.1, 0.15) is 26.7 Å². The molecular formula is C9H12O. The van der Waals surface area contributed by atoms with Gasteiger partial charge in [0.1, 0.15) is 5.78 Å². The van der Waals surface area contributed by atoms with Crippen LogP contribution in [0.5, 0.6) is 0 Å². The summed E-state index contributed by atoms with van der Waals surface area (Å²) in [7, 11) is 0. The summed E-state index contributed by atoms with van der Waals surface area (Å²) in [6.07, 6.45) is 5.32. The lowest BCUT2D eigenvalue weighted by atomic mass is 10.1. The zero-order chi connectivity index (χ0) is 7.56. The molecule has 0 amide bonds. The third-order valence-electron chi connectivity index (χ3n) is 1.60. The highest BCUT2D eigenvalue weighted by molar-refractivity contribution is 5.83. The van der Waals surface area contributed by atoms with Gasteiger partial charge in [-0.25, -0.2) is 0 Å². The van der Waals surface area contributed by atoms with Gasteiger partial charge in [0.25, 0.3) is 0 Å². The second-order valence-electron chi connectivity index (χ2n) is 2.92. The van der Waals surface area contributed by atoms with E-state index < -0.39 is 0 Å². The van der Waals surface area contributed by atoms with Crippen molar-refractivity contribution >= 4 is 5.78 Å². The third kappa shape index (κ3) is 1.83. The Morgan fingerprint density at radius 3 is 1.90 bits per heavy atom. The molecule has 10 heavy (non-hydrogen) atoms. The number of rotatable bonds is 0. The molecule has 0 aromatic carbocycles. The Labute approximate surface area is 61.4 Å². The van der Waals surface area contributed by atoms with Crippen LogP contribution in [0.25, 0.3) is 0 Å². The van der Waals surface area contributed by atoms with Gasteiger partial charge in [0, 0.05) is 12.8 Å². The lowest BCUT2D eigenvalue weighted by Gasteiger charge is -1.94. The van der Waals surface area contributed by atoms with E-state index in [1.165, 1.54) is 11.1 Å². The van der Waals surface area contributed by atoms with E-state index in [0.29, 0.717) is 18.6 Å². The summed E-state index contributed by atoms with van der Waals surface area (Å²) >= 11 is 0. The second-order valence-corrected chi connectivity index (χ2v) is 2.92. The minimum Gasteiger partial charge on any atom is -0.299 e. The van der Waals surface area contributed by atoms with Crippen molar-refractivity contribution in [2.75, 3.05) is 0 Å². The standard InChI is InChI=1S/C9H12O/c1-7-3-4-8(2)6-9(10)5-7/h3-4H,5-6H2,1-2H3. The van der Waals surface area contributed by atoms with Gasteiger partial charge in [-0.1, -0.05) is 23.3 Å². The van der Waals surface area contributed by atoms with Crippen LogP contribution in [-0.2, 0) is 4.79 Å². The van der Waals surface area contributed by atoms with E-state index in [0.717, 1.165) is 0 Å². The second kappa shape index (κ2) is 2.82. The van der Waals surface area contributed by atoms with E-state index in [9.17, 15) is 4.79 Å². The molecule has 0 aromatic heterocycles. The van der Waals surface area contributed by atoms with Gasteiger partial charge in [0.2, 0.25) is 0 Å². The number of ketones is 1. The van der Waals surface area contributed by atoms with Gasteiger partial charge >= 0.3 is 0 Å². The van der Waals surface area contributed by atoms with Crippen molar-refractivity contribution in [1.29, 1.82) is 0 Å². The molecule has 0 aromatic rings. The molecule has 0 heterocycles. The maximum atomic E-state index is 11.0. The van der Waals surface area contributed by atoms with Crippen LogP contribution in [-0.4, -0.2) is 5.78 Å². The molecule has 0 aliphatic heterocycles. The monoisotopic (exact) mass is 136 g/mol. The third-order valence-corrected chi connectivity index (χ3v) is 1.60. The van der Waals surface area contributed by atoms with Gasteiger partial charge in [-0.15, -0.1) is 0 Å². The van der Waals surface area contributed by atoms with Crippen LogP contribution in [0.4, 0.5) is 0 Å². The van der Waals surface area contributed by atoms with Gasteiger partial charge in [0.05, 0.1) is 0 Å². The summed E-state index contributed by atoms with van der Waals surface area (Å²) in [5, 5.41) is 0. The average molecular weight is 136 g/mol. The molecule has 0 radical (unpaired) electrons. The lowest BCUT2D eigenvalue weighted by Crippen LogP contribution is -1.96. The molecule has 0 spiro atoms. The number of carbonyl (C=O) groups is 1. The zero-order valence-electron chi connectivity index (χ0n) is 6.48. The first kappa shape index (κ1) is 7.26. The maximum Gasteiger partial charge on any atom is 0.140 e. The van der Waals surface area contributed by atoms with E-state index >= 15 is 0 Å². The van der Waals surface area contributed by atoms with Gasteiger partial charge in [-0.2, -0.15) is 0 Å². The molecule has 1 nitrogen and oxygen atoms in total. The molecule has 0 bridgehead atoms. The quantitative estimate of drug-likeness (QED) is 0.499. The zero-order valence-corrected chi connectivity index (χ0v) is 6.48. The van der Waals surface area contributed by atoms with Crippen LogP contribution < -0.4 is 0 Å². The number of carbonyl (C=O) groups excluding carboxylic acids is 1. The van der Waals surface area contributed by atoms with Crippen molar-refractivity contribution < 1.29 is 4.79 Å². The maximum absolute atomic E-state index is 11.0. The van der Waals surface area contributed by atoms with Crippen LogP contribution in [0.15, 0.2) is 23.3 Å². The Kier molecular flexibility index (Phi) is 2.05. The first-order chi connectivity index (χ1) is 4.68. The largest absolute Gasteiger partial charge is 0.299 e. The molecule has 0 saturated carbocycles. The Morgan fingerprint density at radius 2 is 1.50 bits per heavy atom. The first-order valence-corrected chi connectivity index (χ1v) is 3.53. The fourth-order valence-electron chi connectivity index (χ4n) is 1.09. The van der Waals surface area contributed by atoms with E-state index in [-0.39, 0.29) is 0 Å². The Bertz CT molecular complexity index is 187. The predicted octanol–water partition coefficient (Wildman–Crippen LogP) is 2.24. The minimum absolute atomic E-state index is 0.333. The van der Waals surface area contributed by atoms with E-state index in [1.54, 1.807) is 0 Å². The SMILES string of the molecule is CC1=CC=C(C)CC(=O)C1. The predicted molar refractivity (Wildman–Crippen MR) is 41.8 cm³/mol. The first-order valence-electron chi connectivity index (χ1n) is 3.53. The van der Waals surface area contributed by atoms with Crippen molar-refractivity contribution in [1.82, 2.24) is 0 Å². The molecule has 0 unspecified atom stereocenters. The van der Waals surface area contributed by atoms with Crippen LogP contribution >= 0.6 is 0 Å². The topological polar surface area (TPSA) is 17.1 Å². The van der Waals surface area contributed by atoms with Crippen molar-refractivity contribution in [3.63, 3.8) is 0 Å². The van der Waals surface area contributed by atoms with Gasteiger partial charge in [0.15, 0.2) is 0 Å². The Morgan fingerprint density at radius 1 is 1.10 bits per heavy atom. The van der Waals surface area contributed by atoms with Crippen molar-refractivity contribution in [3.8, 4) is 0 Å². The van der Waals surface area contributed by atoms with Gasteiger partial charge < -0.3 is 0 Å². The summed E-state index contributed by atoms with van der Waals surface area (Å²) in [4.78, 5) is 11.0. The highest BCUT2D eigenvalue weighted by atomic mass is 16.1. The molecule has 0 saturated heterocycles. The van der Waals surface area contributed by atoms with Gasteiger partial charge in [-0.05, 0) is 13.8 Å². The summed E-state index contributed by atoms with van der Waals surface area (Å²) in [6, 6.07) is 0. The number of hydrogen-bond acceptors (Lipinski definition) is 1. The molecule has 1 aliphatic carbocycles. The van der Waals surface area contributed by atoms with Crippen LogP contribution in [0.2, 0.25) is 0 Å². The molecule has 1 rings (SSSR count). The molecule has 1 heteroatoms. The normalized spacial score (nSPS) is 19.6. The van der Waals surface area contributed by atoms with Crippen LogP contribution in [0.3, 0.4) is 0 Å². The minimum atomic E-state index is 0.333. The van der Waals surface area contributed by atoms with E-state index in [2.05, 4.69) is 0 Å². The van der Waals surface area contributed by atoms with Gasteiger partial charge in [-0.3, -0.25) is 4.79 Å². The Hall–Kier alpha value is -0.850. The van der Waals surface area contributed by atoms with E-state index in [1.807, 2.05) is 26.0 Å². The van der Waals surface area contributed by atoms with Crippen molar-refractivity contribution in [2.24, 2.45) is 0 Å². The van der Waals surface area contributed by atoms with Crippen LogP contribution in [0, 0.1) is 0 Å². The number of hydrogen-bond donors (Lipinski definition) is 0. The van der Waals surface area contributed by atoms with E-state index in [4.69, 9.17) is 0 Å². The Balaban J connectivity index is 2.79. The van der Waals surface area contributed by atoms with Crippen molar-refractivity contribution in [2.45, 2.75) is 26.7 Å². The lowest BCUT2D eigenvalue weighted by molar-refractivity contribution is -0.117.